The average Bonchev–Trinajstić information content (AvgIpc) is 2.53. The van der Waals surface area contributed by atoms with Crippen molar-refractivity contribution >= 4 is 25.6 Å². The minimum absolute atomic E-state index is 0. The first-order valence-corrected chi connectivity index (χ1v) is 9.89. The summed E-state index contributed by atoms with van der Waals surface area (Å²) >= 11 is 4.25. The molecule has 178 valence electrons. The zero-order chi connectivity index (χ0) is 21.2. The van der Waals surface area contributed by atoms with Crippen LogP contribution in [-0.2, 0) is 4.79 Å². The summed E-state index contributed by atoms with van der Waals surface area (Å²) in [6.45, 7) is 5.70. The topological polar surface area (TPSA) is 151 Å². The van der Waals surface area contributed by atoms with Gasteiger partial charge >= 0.3 is 6.18 Å². The fourth-order valence-electron chi connectivity index (χ4n) is 4.64. The summed E-state index contributed by atoms with van der Waals surface area (Å²) in [5, 5.41) is 4.62. The molecule has 0 radical (unpaired) electrons. The molecule has 1 saturated carbocycles. The van der Waals surface area contributed by atoms with Gasteiger partial charge in [-0.1, -0.05) is 0 Å². The van der Waals surface area contributed by atoms with Crippen LogP contribution in [0.3, 0.4) is 0 Å². The highest BCUT2D eigenvalue weighted by Crippen LogP contribution is 2.54. The molecule has 0 bridgehead atoms. The molecule has 8 N–H and O–H groups in total. The molecule has 0 amide bonds. The second-order valence-electron chi connectivity index (χ2n) is 8.28. The lowest BCUT2D eigenvalue weighted by molar-refractivity contribution is -0.231. The van der Waals surface area contributed by atoms with Crippen molar-refractivity contribution in [1.29, 1.82) is 0 Å². The number of nitrogens with two attached hydrogens (primary N) is 2. The summed E-state index contributed by atoms with van der Waals surface area (Å²) in [5.74, 6) is 1.05. The van der Waals surface area contributed by atoms with Gasteiger partial charge in [-0.15, -0.1) is 0 Å². The van der Waals surface area contributed by atoms with Gasteiger partial charge < -0.3 is 27.2 Å². The van der Waals surface area contributed by atoms with Crippen LogP contribution in [0.2, 0.25) is 0 Å². The molecule has 8 nitrogen and oxygen atoms in total. The van der Waals surface area contributed by atoms with E-state index >= 15 is 0 Å². The largest absolute Gasteiger partial charge is 0.431 e. The Morgan fingerprint density at radius 3 is 2.17 bits per heavy atom. The van der Waals surface area contributed by atoms with Crippen LogP contribution in [0, 0.1) is 11.3 Å². The minimum atomic E-state index is -4.50. The molecule has 0 atom stereocenters. The van der Waals surface area contributed by atoms with E-state index in [0.717, 1.165) is 51.2 Å². The van der Waals surface area contributed by atoms with Gasteiger partial charge in [0, 0.05) is 46.4 Å². The molecule has 3 fully saturated rings. The fraction of sp³-hybridized carbons (Fsp3) is 0.778. The number of allylic oxidation sites excluding steroid dienone is 2. The van der Waals surface area contributed by atoms with Crippen molar-refractivity contribution in [3.05, 3.63) is 11.3 Å². The highest BCUT2D eigenvalue weighted by Gasteiger charge is 2.56. The zero-order valence-electron chi connectivity index (χ0n) is 17.2. The Kier molecular flexibility index (Phi) is 10.5. The van der Waals surface area contributed by atoms with Crippen LogP contribution < -0.4 is 11.5 Å². The molecule has 2 heterocycles. The highest BCUT2D eigenvalue weighted by molar-refractivity contribution is 7.80. The molecule has 3 rings (SSSR count). The van der Waals surface area contributed by atoms with E-state index in [1.807, 2.05) is 6.79 Å². The van der Waals surface area contributed by atoms with Crippen molar-refractivity contribution in [2.45, 2.75) is 37.4 Å². The molecule has 2 aliphatic heterocycles. The van der Waals surface area contributed by atoms with Gasteiger partial charge in [0.05, 0.1) is 0 Å². The van der Waals surface area contributed by atoms with Gasteiger partial charge in [-0.05, 0) is 48.3 Å². The van der Waals surface area contributed by atoms with Crippen LogP contribution in [0.4, 0.5) is 13.2 Å². The maximum atomic E-state index is 12.9. The zero-order valence-corrected chi connectivity index (χ0v) is 18.1. The van der Waals surface area contributed by atoms with Crippen molar-refractivity contribution in [3.63, 3.8) is 0 Å². The van der Waals surface area contributed by atoms with Gasteiger partial charge in [-0.25, -0.2) is 10.0 Å². The first-order chi connectivity index (χ1) is 13.1. The maximum Gasteiger partial charge on any atom is 0.431 e. The molecule has 1 spiro atoms. The van der Waals surface area contributed by atoms with E-state index in [0.29, 0.717) is 6.42 Å². The number of halogens is 3. The van der Waals surface area contributed by atoms with Crippen molar-refractivity contribution in [3.8, 4) is 0 Å². The lowest BCUT2D eigenvalue weighted by Crippen LogP contribution is -2.77. The third-order valence-electron chi connectivity index (χ3n) is 5.93. The molecule has 30 heavy (non-hydrogen) atoms. The predicted molar refractivity (Wildman–Crippen MR) is 116 cm³/mol. The molecule has 2 saturated heterocycles. The molecule has 0 aromatic heterocycles. The molecule has 0 aromatic carbocycles. The standard InChI is InChI=1S/C17H28F3N5S.CH2O.2H2O.H2/c1-23-7-13(14(21)17(18,19)20)4-12-5-15(6-12)8-24(9-15)25-10-16(22,11-25)2-3-26;1-2;;;/h7,12,26H,2-6,8-11,21-22H2,1H3;1H2;2*1H2;1H/b14-13-,23-7?;;;;. The monoisotopic (exact) mass is 459 g/mol. The maximum absolute atomic E-state index is 12.9. The summed E-state index contributed by atoms with van der Waals surface area (Å²) in [6, 6.07) is 0. The van der Waals surface area contributed by atoms with Gasteiger partial charge in [0.25, 0.3) is 0 Å². The van der Waals surface area contributed by atoms with Gasteiger partial charge in [0.1, 0.15) is 12.5 Å². The third kappa shape index (κ3) is 6.17. The number of nitrogens with zero attached hydrogens (tertiary/aromatic N) is 3. The summed E-state index contributed by atoms with van der Waals surface area (Å²) < 4.78 is 38.6. The number of aliphatic imine (C=N–C) groups is 1. The van der Waals surface area contributed by atoms with Crippen LogP contribution in [0.15, 0.2) is 16.3 Å². The molecule has 0 unspecified atom stereocenters. The Balaban J connectivity index is 0. The summed E-state index contributed by atoms with van der Waals surface area (Å²) in [7, 11) is 1.47. The van der Waals surface area contributed by atoms with E-state index in [-0.39, 0.29) is 34.8 Å². The third-order valence-corrected chi connectivity index (χ3v) is 6.15. The van der Waals surface area contributed by atoms with Crippen LogP contribution in [0.1, 0.15) is 27.1 Å². The molecule has 3 aliphatic rings. The van der Waals surface area contributed by atoms with E-state index in [2.05, 4.69) is 27.6 Å². The predicted octanol–water partition coefficient (Wildman–Crippen LogP) is 0.224. The van der Waals surface area contributed by atoms with Crippen molar-refractivity contribution < 1.29 is 30.3 Å². The number of hydrogen-bond donors (Lipinski definition) is 3. The summed E-state index contributed by atoms with van der Waals surface area (Å²) in [6.07, 6.45) is -0.0695. The number of hydrazine groups is 1. The highest BCUT2D eigenvalue weighted by atomic mass is 32.1. The van der Waals surface area contributed by atoms with E-state index in [1.165, 1.54) is 13.3 Å². The van der Waals surface area contributed by atoms with Crippen molar-refractivity contribution in [2.24, 2.45) is 27.8 Å². The van der Waals surface area contributed by atoms with E-state index in [1.54, 1.807) is 0 Å². The Morgan fingerprint density at radius 1 is 1.23 bits per heavy atom. The van der Waals surface area contributed by atoms with Gasteiger partial charge in [0.2, 0.25) is 0 Å². The normalized spacial score (nSPS) is 23.7. The van der Waals surface area contributed by atoms with Crippen LogP contribution >= 0.6 is 12.6 Å². The van der Waals surface area contributed by atoms with Crippen LogP contribution in [-0.4, -0.2) is 84.7 Å². The van der Waals surface area contributed by atoms with Crippen molar-refractivity contribution in [1.82, 2.24) is 10.0 Å². The van der Waals surface area contributed by atoms with E-state index < -0.39 is 11.9 Å². The molecule has 1 aliphatic carbocycles. The Bertz CT molecular complexity index is 619. The number of rotatable bonds is 6. The average molecular weight is 460 g/mol. The lowest BCUT2D eigenvalue weighted by atomic mass is 9.57. The number of carbonyl (C=O) groups is 1. The second-order valence-corrected chi connectivity index (χ2v) is 8.73. The minimum Gasteiger partial charge on any atom is -0.412 e. The quantitative estimate of drug-likeness (QED) is 0.383. The number of thiol groups is 1. The Labute approximate surface area is 182 Å². The number of carbonyl (C=O) groups excluding carboxylic acids is 1. The van der Waals surface area contributed by atoms with Gasteiger partial charge in [0.15, 0.2) is 0 Å². The van der Waals surface area contributed by atoms with E-state index in [4.69, 9.17) is 16.3 Å². The molecule has 12 heteroatoms. The Hall–Kier alpha value is -1.18. The van der Waals surface area contributed by atoms with Gasteiger partial charge in [-0.2, -0.15) is 25.8 Å². The SMILES string of the molecule is C=O.CN=C/C(CC1CC2(C1)CN(N1CC(N)(CCS)C1)C2)=C(\N)C(F)(F)F.O.O.[HH]. The van der Waals surface area contributed by atoms with Gasteiger partial charge in [-0.3, -0.25) is 4.99 Å². The summed E-state index contributed by atoms with van der Waals surface area (Å²) in [5.41, 5.74) is 10.8. The van der Waals surface area contributed by atoms with Crippen LogP contribution in [0.25, 0.3) is 0 Å². The molecular formula is C18H36F3N5O3S. The summed E-state index contributed by atoms with van der Waals surface area (Å²) in [4.78, 5) is 11.7. The smallest absolute Gasteiger partial charge is 0.412 e. The lowest BCUT2D eigenvalue weighted by Gasteiger charge is -2.65. The fourth-order valence-corrected chi connectivity index (χ4v) is 5.08. The number of alkyl halides is 3. The number of hydrogen-bond acceptors (Lipinski definition) is 7. The first-order valence-electron chi connectivity index (χ1n) is 9.26. The van der Waals surface area contributed by atoms with Crippen LogP contribution in [0.5, 0.6) is 0 Å². The second kappa shape index (κ2) is 10.9. The molecular weight excluding hydrogens is 423 g/mol. The first kappa shape index (κ1) is 28.8. The molecule has 0 aromatic rings. The Morgan fingerprint density at radius 2 is 1.73 bits per heavy atom. The van der Waals surface area contributed by atoms with Crippen molar-refractivity contribution in [2.75, 3.05) is 39.0 Å². The van der Waals surface area contributed by atoms with E-state index in [9.17, 15) is 13.2 Å².